The van der Waals surface area contributed by atoms with Crippen LogP contribution in [-0.4, -0.2) is 21.6 Å². The van der Waals surface area contributed by atoms with Crippen molar-refractivity contribution in [2.75, 3.05) is 0 Å². The van der Waals surface area contributed by atoms with E-state index in [1.165, 1.54) is 30.3 Å². The van der Waals surface area contributed by atoms with Gasteiger partial charge < -0.3 is 5.11 Å². The number of rotatable bonds is 5. The maximum Gasteiger partial charge on any atom is 0.271 e. The lowest BCUT2D eigenvalue weighted by atomic mass is 10.1. The Morgan fingerprint density at radius 2 is 1.96 bits per heavy atom. The minimum atomic E-state index is -0.537. The Bertz CT molecular complexity index is 803. The molecule has 0 heterocycles. The maximum absolute atomic E-state index is 12.1. The van der Waals surface area contributed by atoms with Crippen LogP contribution < -0.4 is 5.43 Å². The molecule has 0 atom stereocenters. The minimum Gasteiger partial charge on any atom is -0.507 e. The van der Waals surface area contributed by atoms with E-state index in [-0.39, 0.29) is 17.0 Å². The first-order valence-corrected chi connectivity index (χ1v) is 7.82. The number of phenolic OH excluding ortho intramolecular Hbond substituents is 1. The smallest absolute Gasteiger partial charge is 0.271 e. The number of phenols is 1. The largest absolute Gasteiger partial charge is 0.507 e. The summed E-state index contributed by atoms with van der Waals surface area (Å²) in [6, 6.07) is 10.1. The van der Waals surface area contributed by atoms with Crippen molar-refractivity contribution in [2.45, 2.75) is 13.3 Å². The summed E-state index contributed by atoms with van der Waals surface area (Å²) in [5.41, 5.74) is 3.56. The van der Waals surface area contributed by atoms with Crippen molar-refractivity contribution in [1.29, 1.82) is 0 Å². The number of carbonyl (C=O) groups is 1. The van der Waals surface area contributed by atoms with Gasteiger partial charge in [-0.2, -0.15) is 5.10 Å². The van der Waals surface area contributed by atoms with Crippen molar-refractivity contribution in [1.82, 2.24) is 5.43 Å². The van der Waals surface area contributed by atoms with Gasteiger partial charge in [0.05, 0.1) is 10.6 Å². The molecule has 0 radical (unpaired) electrons. The van der Waals surface area contributed by atoms with Gasteiger partial charge in [-0.3, -0.25) is 14.9 Å². The van der Waals surface area contributed by atoms with Crippen LogP contribution in [0.25, 0.3) is 0 Å². The number of aromatic hydroxyl groups is 1. The van der Waals surface area contributed by atoms with Crippen molar-refractivity contribution in [3.8, 4) is 5.75 Å². The van der Waals surface area contributed by atoms with Crippen LogP contribution >= 0.6 is 15.9 Å². The number of nitrogens with zero attached hydrogens (tertiary/aromatic N) is 2. The van der Waals surface area contributed by atoms with E-state index >= 15 is 0 Å². The summed E-state index contributed by atoms with van der Waals surface area (Å²) in [6.45, 7) is 1.84. The lowest BCUT2D eigenvalue weighted by Gasteiger charge is -2.08. The average molecular weight is 392 g/mol. The number of nitro groups is 1. The number of hydrazone groups is 1. The van der Waals surface area contributed by atoms with E-state index in [2.05, 4.69) is 26.5 Å². The molecule has 0 aliphatic heterocycles. The van der Waals surface area contributed by atoms with Crippen LogP contribution in [0.15, 0.2) is 52.0 Å². The Kier molecular flexibility index (Phi) is 5.64. The van der Waals surface area contributed by atoms with E-state index in [1.54, 1.807) is 12.1 Å². The van der Waals surface area contributed by atoms with E-state index in [1.807, 2.05) is 6.92 Å². The molecular weight excluding hydrogens is 378 g/mol. The average Bonchev–Trinajstić information content (AvgIpc) is 2.58. The molecular formula is C16H14BrN3O4. The fourth-order valence-electron chi connectivity index (χ4n) is 1.99. The fraction of sp³-hybridized carbons (Fsp3) is 0.125. The normalized spacial score (nSPS) is 11.2. The topological polar surface area (TPSA) is 105 Å². The summed E-state index contributed by atoms with van der Waals surface area (Å²) in [7, 11) is 0. The fourth-order valence-corrected chi connectivity index (χ4v) is 2.35. The van der Waals surface area contributed by atoms with Crippen molar-refractivity contribution in [3.05, 3.63) is 68.2 Å². The van der Waals surface area contributed by atoms with Crippen molar-refractivity contribution >= 4 is 33.2 Å². The van der Waals surface area contributed by atoms with Crippen LogP contribution in [0.4, 0.5) is 5.69 Å². The van der Waals surface area contributed by atoms with Gasteiger partial charge in [-0.25, -0.2) is 5.43 Å². The second-order valence-electron chi connectivity index (χ2n) is 4.82. The molecule has 0 fully saturated rings. The van der Waals surface area contributed by atoms with E-state index in [9.17, 15) is 20.0 Å². The van der Waals surface area contributed by atoms with Crippen LogP contribution in [-0.2, 0) is 0 Å². The first kappa shape index (κ1) is 17.6. The first-order valence-electron chi connectivity index (χ1n) is 7.02. The van der Waals surface area contributed by atoms with Crippen LogP contribution in [0.5, 0.6) is 5.75 Å². The molecule has 0 aliphatic carbocycles. The Labute approximate surface area is 146 Å². The zero-order valence-electron chi connectivity index (χ0n) is 12.7. The quantitative estimate of drug-likeness (QED) is 0.461. The van der Waals surface area contributed by atoms with Gasteiger partial charge >= 0.3 is 0 Å². The summed E-state index contributed by atoms with van der Waals surface area (Å²) >= 11 is 3.32. The Morgan fingerprint density at radius 1 is 1.29 bits per heavy atom. The first-order chi connectivity index (χ1) is 11.4. The third-order valence-corrected chi connectivity index (χ3v) is 3.73. The molecule has 1 amide bonds. The van der Waals surface area contributed by atoms with Crippen LogP contribution in [0.1, 0.15) is 29.3 Å². The van der Waals surface area contributed by atoms with Crippen LogP contribution in [0, 0.1) is 10.1 Å². The molecule has 8 heteroatoms. The highest BCUT2D eigenvalue weighted by Gasteiger charge is 2.11. The van der Waals surface area contributed by atoms with Gasteiger partial charge in [0.1, 0.15) is 5.75 Å². The SMILES string of the molecule is CC/C(=N\NC(=O)c1ccc([N+](=O)[O-])cc1)c1cc(Br)ccc1O. The summed E-state index contributed by atoms with van der Waals surface area (Å²) in [5.74, 6) is -0.436. The predicted molar refractivity (Wildman–Crippen MR) is 93.2 cm³/mol. The Balaban J connectivity index is 2.19. The Hall–Kier alpha value is -2.74. The number of benzene rings is 2. The van der Waals surface area contributed by atoms with Crippen molar-refractivity contribution < 1.29 is 14.8 Å². The highest BCUT2D eigenvalue weighted by molar-refractivity contribution is 9.10. The molecule has 124 valence electrons. The molecule has 2 N–H and O–H groups in total. The number of amides is 1. The number of hydrogen-bond donors (Lipinski definition) is 2. The molecule has 0 bridgehead atoms. The second kappa shape index (κ2) is 7.69. The number of non-ortho nitro benzene ring substituents is 1. The molecule has 0 aliphatic rings. The molecule has 0 aromatic heterocycles. The molecule has 0 saturated carbocycles. The van der Waals surface area contributed by atoms with Gasteiger partial charge in [-0.15, -0.1) is 0 Å². The molecule has 7 nitrogen and oxygen atoms in total. The van der Waals surface area contributed by atoms with Gasteiger partial charge in [0.25, 0.3) is 11.6 Å². The van der Waals surface area contributed by atoms with Crippen molar-refractivity contribution in [3.63, 3.8) is 0 Å². The van der Waals surface area contributed by atoms with E-state index in [0.717, 1.165) is 4.47 Å². The Morgan fingerprint density at radius 3 is 2.54 bits per heavy atom. The number of nitro benzene ring substituents is 1. The summed E-state index contributed by atoms with van der Waals surface area (Å²) < 4.78 is 0.776. The van der Waals surface area contributed by atoms with Crippen molar-refractivity contribution in [2.24, 2.45) is 5.10 Å². The molecule has 2 aromatic carbocycles. The van der Waals surface area contributed by atoms with E-state index < -0.39 is 10.8 Å². The third kappa shape index (κ3) is 4.17. The minimum absolute atomic E-state index is 0.0587. The second-order valence-corrected chi connectivity index (χ2v) is 5.73. The number of nitrogens with one attached hydrogen (secondary N) is 1. The molecule has 2 aromatic rings. The highest BCUT2D eigenvalue weighted by atomic mass is 79.9. The van der Waals surface area contributed by atoms with Gasteiger partial charge in [0.2, 0.25) is 0 Å². The van der Waals surface area contributed by atoms with Gasteiger partial charge in [-0.05, 0) is 36.8 Å². The predicted octanol–water partition coefficient (Wildman–Crippen LogP) is 3.61. The zero-order chi connectivity index (χ0) is 17.7. The number of carbonyl (C=O) groups excluding carboxylic acids is 1. The lowest BCUT2D eigenvalue weighted by Crippen LogP contribution is -2.20. The summed E-state index contributed by atoms with van der Waals surface area (Å²) in [4.78, 5) is 22.1. The summed E-state index contributed by atoms with van der Waals surface area (Å²) in [6.07, 6.45) is 0.491. The lowest BCUT2D eigenvalue weighted by molar-refractivity contribution is -0.384. The number of hydrogen-bond acceptors (Lipinski definition) is 5. The molecule has 0 unspecified atom stereocenters. The molecule has 24 heavy (non-hydrogen) atoms. The maximum atomic E-state index is 12.1. The standard InChI is InChI=1S/C16H14BrN3O4/c1-2-14(13-9-11(17)5-8-15(13)21)18-19-16(22)10-3-6-12(7-4-10)20(23)24/h3-9,21H,2H2,1H3,(H,19,22)/b18-14+. The molecule has 0 saturated heterocycles. The summed E-state index contributed by atoms with van der Waals surface area (Å²) in [5, 5.41) is 24.6. The molecule has 0 spiro atoms. The van der Waals surface area contributed by atoms with Gasteiger partial charge in [0.15, 0.2) is 0 Å². The zero-order valence-corrected chi connectivity index (χ0v) is 14.3. The van der Waals surface area contributed by atoms with Gasteiger partial charge in [0, 0.05) is 27.7 Å². The van der Waals surface area contributed by atoms with Gasteiger partial charge in [-0.1, -0.05) is 22.9 Å². The number of halogens is 1. The highest BCUT2D eigenvalue weighted by Crippen LogP contribution is 2.23. The van der Waals surface area contributed by atoms with Crippen LogP contribution in [0.2, 0.25) is 0 Å². The third-order valence-electron chi connectivity index (χ3n) is 3.24. The molecule has 2 rings (SSSR count). The van der Waals surface area contributed by atoms with E-state index in [4.69, 9.17) is 0 Å². The van der Waals surface area contributed by atoms with Crippen LogP contribution in [0.3, 0.4) is 0 Å². The van der Waals surface area contributed by atoms with E-state index in [0.29, 0.717) is 17.7 Å². The monoisotopic (exact) mass is 391 g/mol.